The van der Waals surface area contributed by atoms with E-state index < -0.39 is 24.6 Å². The van der Waals surface area contributed by atoms with Crippen LogP contribution in [0.3, 0.4) is 0 Å². The van der Waals surface area contributed by atoms with Gasteiger partial charge in [-0.15, -0.1) is 0 Å². The molecule has 0 aliphatic rings. The minimum Gasteiger partial charge on any atom is -0.434 e. The highest BCUT2D eigenvalue weighted by Gasteiger charge is 2.19. The molecule has 2 unspecified atom stereocenters. The Bertz CT molecular complexity index is 919. The van der Waals surface area contributed by atoms with Crippen molar-refractivity contribution in [1.82, 2.24) is 4.57 Å². The van der Waals surface area contributed by atoms with Gasteiger partial charge < -0.3 is 23.5 Å². The molecule has 0 saturated heterocycles. The second kappa shape index (κ2) is 20.1. The molecular weight excluding hydrogens is 501 g/mol. The number of carbonyl (C=O) groups excluding carboxylic acids is 2. The zero-order valence-electron chi connectivity index (χ0n) is 23.7. The standard InChI is InChI=1S/C31H46FNO6/c1-3-4-5-6-7-8-9-13-18-28(32)20-22-33-21-14-19-29(33)30(34)38-26(2)39-31(35)37-24-15-23-36-25-27-16-11-10-12-17-27/h10-12,14,16-17,19,21,26,28H,3-9,13,15,18,20,22-25H2,1-2H3. The van der Waals surface area contributed by atoms with Crippen molar-refractivity contribution in [1.29, 1.82) is 0 Å². The van der Waals surface area contributed by atoms with E-state index in [1.165, 1.54) is 45.4 Å². The predicted molar refractivity (Wildman–Crippen MR) is 149 cm³/mol. The zero-order valence-corrected chi connectivity index (χ0v) is 23.7. The number of nitrogens with zero attached hydrogens (tertiary/aromatic N) is 1. The number of rotatable bonds is 21. The Kier molecular flexibility index (Phi) is 16.7. The van der Waals surface area contributed by atoms with E-state index in [9.17, 15) is 14.0 Å². The molecule has 0 amide bonds. The van der Waals surface area contributed by atoms with Gasteiger partial charge in [-0.2, -0.15) is 0 Å². The van der Waals surface area contributed by atoms with Gasteiger partial charge >= 0.3 is 12.1 Å². The molecule has 2 aromatic rings. The van der Waals surface area contributed by atoms with Crippen molar-refractivity contribution < 1.29 is 32.9 Å². The number of alkyl halides is 1. The van der Waals surface area contributed by atoms with Gasteiger partial charge in [0.25, 0.3) is 0 Å². The largest absolute Gasteiger partial charge is 0.511 e. The fourth-order valence-corrected chi connectivity index (χ4v) is 4.20. The van der Waals surface area contributed by atoms with Crippen LogP contribution in [-0.4, -0.2) is 42.4 Å². The maximum absolute atomic E-state index is 14.4. The van der Waals surface area contributed by atoms with Crippen molar-refractivity contribution in [3.63, 3.8) is 0 Å². The van der Waals surface area contributed by atoms with Crippen LogP contribution < -0.4 is 0 Å². The van der Waals surface area contributed by atoms with Crippen LogP contribution in [0.15, 0.2) is 48.7 Å². The van der Waals surface area contributed by atoms with Gasteiger partial charge in [-0.25, -0.2) is 14.0 Å². The van der Waals surface area contributed by atoms with Gasteiger partial charge in [0.15, 0.2) is 0 Å². The molecule has 0 N–H and O–H groups in total. The normalized spacial score (nSPS) is 12.6. The van der Waals surface area contributed by atoms with Crippen molar-refractivity contribution in [3.8, 4) is 0 Å². The Morgan fingerprint density at radius 2 is 1.56 bits per heavy atom. The van der Waals surface area contributed by atoms with Gasteiger partial charge in [-0.1, -0.05) is 88.6 Å². The third-order valence-electron chi connectivity index (χ3n) is 6.39. The zero-order chi connectivity index (χ0) is 28.1. The molecule has 8 heteroatoms. The number of benzene rings is 1. The minimum atomic E-state index is -1.13. The van der Waals surface area contributed by atoms with Crippen LogP contribution in [0.4, 0.5) is 9.18 Å². The summed E-state index contributed by atoms with van der Waals surface area (Å²) in [7, 11) is 0. The Labute approximate surface area is 233 Å². The third kappa shape index (κ3) is 14.7. The summed E-state index contributed by atoms with van der Waals surface area (Å²) in [6, 6.07) is 13.1. The van der Waals surface area contributed by atoms with Crippen LogP contribution in [0.25, 0.3) is 0 Å². The number of halogens is 1. The van der Waals surface area contributed by atoms with Crippen molar-refractivity contribution in [2.45, 2.75) is 110 Å². The van der Waals surface area contributed by atoms with E-state index >= 15 is 0 Å². The lowest BCUT2D eigenvalue weighted by atomic mass is 10.1. The molecular formula is C31H46FNO6. The fraction of sp³-hybridized carbons (Fsp3) is 0.613. The number of aromatic nitrogens is 1. The van der Waals surface area contributed by atoms with Gasteiger partial charge in [0.1, 0.15) is 11.9 Å². The molecule has 2 rings (SSSR count). The van der Waals surface area contributed by atoms with Crippen molar-refractivity contribution in [2.24, 2.45) is 0 Å². The Morgan fingerprint density at radius 3 is 2.31 bits per heavy atom. The highest BCUT2D eigenvalue weighted by atomic mass is 19.1. The quantitative estimate of drug-likeness (QED) is 0.0895. The second-order valence-corrected chi connectivity index (χ2v) is 9.82. The number of aryl methyl sites for hydroxylation is 1. The lowest BCUT2D eigenvalue weighted by molar-refractivity contribution is -0.0831. The molecule has 0 bridgehead atoms. The van der Waals surface area contributed by atoms with Crippen LogP contribution in [0.5, 0.6) is 0 Å². The van der Waals surface area contributed by atoms with Crippen LogP contribution in [0.2, 0.25) is 0 Å². The Morgan fingerprint density at radius 1 is 0.846 bits per heavy atom. The summed E-state index contributed by atoms with van der Waals surface area (Å²) in [5.74, 6) is -0.645. The maximum Gasteiger partial charge on any atom is 0.511 e. The number of esters is 1. The van der Waals surface area contributed by atoms with Crippen molar-refractivity contribution in [2.75, 3.05) is 13.2 Å². The summed E-state index contributed by atoms with van der Waals surface area (Å²) in [5, 5.41) is 0. The topological polar surface area (TPSA) is 76.0 Å². The highest BCUT2D eigenvalue weighted by molar-refractivity contribution is 5.87. The average Bonchev–Trinajstić information content (AvgIpc) is 3.40. The van der Waals surface area contributed by atoms with Gasteiger partial charge in [0.05, 0.1) is 19.8 Å². The van der Waals surface area contributed by atoms with E-state index in [0.717, 1.165) is 18.4 Å². The number of hydrogen-bond donors (Lipinski definition) is 0. The van der Waals surface area contributed by atoms with Gasteiger partial charge in [0, 0.05) is 26.1 Å². The van der Waals surface area contributed by atoms with Crippen LogP contribution in [-0.2, 0) is 32.1 Å². The van der Waals surface area contributed by atoms with Crippen LogP contribution >= 0.6 is 0 Å². The first-order chi connectivity index (χ1) is 19.0. The molecule has 2 atom stereocenters. The first-order valence-electron chi connectivity index (χ1n) is 14.4. The molecule has 1 aromatic carbocycles. The van der Waals surface area contributed by atoms with Gasteiger partial charge in [-0.3, -0.25) is 0 Å². The van der Waals surface area contributed by atoms with Crippen molar-refractivity contribution >= 4 is 12.1 Å². The summed E-state index contributed by atoms with van der Waals surface area (Å²) >= 11 is 0. The van der Waals surface area contributed by atoms with Gasteiger partial charge in [-0.05, 0) is 30.5 Å². The first-order valence-corrected chi connectivity index (χ1v) is 14.4. The molecule has 0 fully saturated rings. The molecule has 0 aliphatic heterocycles. The van der Waals surface area contributed by atoms with E-state index in [1.807, 2.05) is 30.3 Å². The lowest BCUT2D eigenvalue weighted by Gasteiger charge is -2.15. The molecule has 0 spiro atoms. The second-order valence-electron chi connectivity index (χ2n) is 9.82. The summed E-state index contributed by atoms with van der Waals surface area (Å²) in [4.78, 5) is 24.4. The molecule has 39 heavy (non-hydrogen) atoms. The van der Waals surface area contributed by atoms with E-state index in [2.05, 4.69) is 6.92 Å². The first kappa shape index (κ1) is 32.3. The smallest absolute Gasteiger partial charge is 0.434 e. The van der Waals surface area contributed by atoms with E-state index in [-0.39, 0.29) is 12.3 Å². The number of hydrogen-bond acceptors (Lipinski definition) is 6. The summed E-state index contributed by atoms with van der Waals surface area (Å²) in [5.41, 5.74) is 1.36. The number of unbranched alkanes of at least 4 members (excludes halogenated alkanes) is 7. The summed E-state index contributed by atoms with van der Waals surface area (Å²) in [6.45, 7) is 5.08. The molecule has 0 aliphatic carbocycles. The van der Waals surface area contributed by atoms with Crippen molar-refractivity contribution in [3.05, 3.63) is 59.9 Å². The Hall–Kier alpha value is -2.87. The monoisotopic (exact) mass is 547 g/mol. The number of carbonyl (C=O) groups is 2. The molecule has 7 nitrogen and oxygen atoms in total. The third-order valence-corrected chi connectivity index (χ3v) is 6.39. The SMILES string of the molecule is CCCCCCCCCCC(F)CCn1cccc1C(=O)OC(C)OC(=O)OCCCOCc1ccccc1. The Balaban J connectivity index is 1.56. The molecule has 218 valence electrons. The fourth-order valence-electron chi connectivity index (χ4n) is 4.20. The van der Waals surface area contributed by atoms with E-state index in [4.69, 9.17) is 18.9 Å². The van der Waals surface area contributed by atoms with E-state index in [1.54, 1.807) is 22.9 Å². The minimum absolute atomic E-state index is 0.125. The predicted octanol–water partition coefficient (Wildman–Crippen LogP) is 8.01. The lowest BCUT2D eigenvalue weighted by Crippen LogP contribution is -2.24. The maximum atomic E-state index is 14.4. The summed E-state index contributed by atoms with van der Waals surface area (Å²) < 4.78 is 36.9. The highest BCUT2D eigenvalue weighted by Crippen LogP contribution is 2.16. The van der Waals surface area contributed by atoms with Crippen LogP contribution in [0, 0.1) is 0 Å². The van der Waals surface area contributed by atoms with Gasteiger partial charge in [0.2, 0.25) is 6.29 Å². The average molecular weight is 548 g/mol. The molecule has 1 heterocycles. The molecule has 0 radical (unpaired) electrons. The number of ether oxygens (including phenoxy) is 4. The molecule has 0 saturated carbocycles. The van der Waals surface area contributed by atoms with E-state index in [0.29, 0.717) is 39.0 Å². The van der Waals surface area contributed by atoms with Crippen LogP contribution in [0.1, 0.15) is 101 Å². The summed E-state index contributed by atoms with van der Waals surface area (Å²) in [6.07, 6.45) is 9.63. The molecule has 1 aromatic heterocycles.